The van der Waals surface area contributed by atoms with Gasteiger partial charge in [-0.25, -0.2) is 8.78 Å². The van der Waals surface area contributed by atoms with Crippen LogP contribution < -0.4 is 0 Å². The zero-order valence-electron chi connectivity index (χ0n) is 8.22. The summed E-state index contributed by atoms with van der Waals surface area (Å²) in [6, 6.07) is 3.19. The number of hydrogen-bond acceptors (Lipinski definition) is 2. The molecule has 2 rings (SSSR count). The highest BCUT2D eigenvalue weighted by molar-refractivity contribution is 5.72. The number of ether oxygens (including phenoxy) is 1. The first kappa shape index (κ1) is 10.1. The third-order valence-corrected chi connectivity index (χ3v) is 2.62. The molecule has 0 aromatic heterocycles. The van der Waals surface area contributed by atoms with Gasteiger partial charge >= 0.3 is 5.97 Å². The number of halogens is 2. The summed E-state index contributed by atoms with van der Waals surface area (Å²) < 4.78 is 31.0. The minimum absolute atomic E-state index is 0.286. The van der Waals surface area contributed by atoms with Gasteiger partial charge in [0.2, 0.25) is 0 Å². The molecule has 2 nitrogen and oxygen atoms in total. The van der Waals surface area contributed by atoms with Crippen LogP contribution in [0.4, 0.5) is 8.78 Å². The Hall–Kier alpha value is -1.45. The SMILES string of the molecule is CC1(c2cc(F)cc(F)c2)CCC(=O)O1. The van der Waals surface area contributed by atoms with Crippen LogP contribution in [0.15, 0.2) is 18.2 Å². The average molecular weight is 212 g/mol. The van der Waals surface area contributed by atoms with Gasteiger partial charge in [-0.2, -0.15) is 0 Å². The van der Waals surface area contributed by atoms with Crippen molar-refractivity contribution >= 4 is 5.97 Å². The lowest BCUT2D eigenvalue weighted by Crippen LogP contribution is -2.21. The van der Waals surface area contributed by atoms with Gasteiger partial charge in [0, 0.05) is 24.5 Å². The minimum atomic E-state index is -0.889. The number of rotatable bonds is 1. The second-order valence-electron chi connectivity index (χ2n) is 3.86. The molecule has 1 aliphatic rings. The molecule has 0 aliphatic carbocycles. The van der Waals surface area contributed by atoms with E-state index in [0.29, 0.717) is 12.0 Å². The van der Waals surface area contributed by atoms with E-state index in [4.69, 9.17) is 4.74 Å². The van der Waals surface area contributed by atoms with Crippen LogP contribution in [-0.2, 0) is 15.1 Å². The Labute approximate surface area is 85.9 Å². The fraction of sp³-hybridized carbons (Fsp3) is 0.364. The Kier molecular flexibility index (Phi) is 2.21. The first-order valence-corrected chi connectivity index (χ1v) is 4.68. The Morgan fingerprint density at radius 1 is 1.27 bits per heavy atom. The van der Waals surface area contributed by atoms with E-state index in [1.54, 1.807) is 6.92 Å². The van der Waals surface area contributed by atoms with Crippen LogP contribution in [0, 0.1) is 11.6 Å². The maximum absolute atomic E-state index is 13.0. The molecule has 0 saturated carbocycles. The molecule has 1 aromatic rings. The summed E-state index contributed by atoms with van der Waals surface area (Å²) in [6.45, 7) is 1.66. The van der Waals surface area contributed by atoms with Gasteiger partial charge in [0.15, 0.2) is 0 Å². The molecule has 1 aliphatic heterocycles. The van der Waals surface area contributed by atoms with Crippen molar-refractivity contribution in [2.24, 2.45) is 0 Å². The van der Waals surface area contributed by atoms with Crippen LogP contribution in [0.5, 0.6) is 0 Å². The maximum atomic E-state index is 13.0. The van der Waals surface area contributed by atoms with Gasteiger partial charge < -0.3 is 4.74 Å². The van der Waals surface area contributed by atoms with Gasteiger partial charge in [-0.15, -0.1) is 0 Å². The number of cyclic esters (lactones) is 1. The van der Waals surface area contributed by atoms with E-state index in [9.17, 15) is 13.6 Å². The van der Waals surface area contributed by atoms with E-state index >= 15 is 0 Å². The van der Waals surface area contributed by atoms with Gasteiger partial charge in [-0.05, 0) is 19.1 Å². The highest BCUT2D eigenvalue weighted by Gasteiger charge is 2.37. The molecule has 1 saturated heterocycles. The fourth-order valence-corrected chi connectivity index (χ4v) is 1.76. The Morgan fingerprint density at radius 3 is 2.33 bits per heavy atom. The molecular formula is C11H10F2O2. The summed E-state index contributed by atoms with van der Waals surface area (Å²) in [5.41, 5.74) is -0.522. The van der Waals surface area contributed by atoms with E-state index in [-0.39, 0.29) is 12.4 Å². The lowest BCUT2D eigenvalue weighted by molar-refractivity contribution is -0.147. The largest absolute Gasteiger partial charge is 0.454 e. The average Bonchev–Trinajstić information content (AvgIpc) is 2.46. The molecule has 0 radical (unpaired) electrons. The second-order valence-corrected chi connectivity index (χ2v) is 3.86. The predicted molar refractivity (Wildman–Crippen MR) is 49.0 cm³/mol. The van der Waals surface area contributed by atoms with E-state index in [0.717, 1.165) is 6.07 Å². The maximum Gasteiger partial charge on any atom is 0.306 e. The van der Waals surface area contributed by atoms with Crippen molar-refractivity contribution < 1.29 is 18.3 Å². The molecule has 1 unspecified atom stereocenters. The van der Waals surface area contributed by atoms with Crippen LogP contribution in [0.25, 0.3) is 0 Å². The van der Waals surface area contributed by atoms with Gasteiger partial charge in [0.05, 0.1) is 0 Å². The first-order valence-electron chi connectivity index (χ1n) is 4.68. The smallest absolute Gasteiger partial charge is 0.306 e. The van der Waals surface area contributed by atoms with Gasteiger partial charge in [0.1, 0.15) is 17.2 Å². The van der Waals surface area contributed by atoms with E-state index in [1.807, 2.05) is 0 Å². The van der Waals surface area contributed by atoms with E-state index < -0.39 is 17.2 Å². The number of esters is 1. The molecule has 1 heterocycles. The molecule has 1 fully saturated rings. The van der Waals surface area contributed by atoms with E-state index in [1.165, 1.54) is 12.1 Å². The number of hydrogen-bond donors (Lipinski definition) is 0. The van der Waals surface area contributed by atoms with Gasteiger partial charge in [-0.3, -0.25) is 4.79 Å². The minimum Gasteiger partial charge on any atom is -0.454 e. The third-order valence-electron chi connectivity index (χ3n) is 2.62. The number of carbonyl (C=O) groups is 1. The van der Waals surface area contributed by atoms with Crippen molar-refractivity contribution in [3.05, 3.63) is 35.4 Å². The standard InChI is InChI=1S/C11H10F2O2/c1-11(3-2-10(14)15-11)7-4-8(12)6-9(13)5-7/h4-6H,2-3H2,1H3. The summed E-state index contributed by atoms with van der Waals surface area (Å²) in [5.74, 6) is -1.65. The summed E-state index contributed by atoms with van der Waals surface area (Å²) in [6.07, 6.45) is 0.739. The number of benzene rings is 1. The molecular weight excluding hydrogens is 202 g/mol. The second kappa shape index (κ2) is 3.29. The van der Waals surface area contributed by atoms with Crippen LogP contribution in [0.3, 0.4) is 0 Å². The molecule has 80 valence electrons. The lowest BCUT2D eigenvalue weighted by Gasteiger charge is -2.23. The van der Waals surface area contributed by atoms with Gasteiger partial charge in [-0.1, -0.05) is 0 Å². The Morgan fingerprint density at radius 2 is 1.87 bits per heavy atom. The zero-order valence-corrected chi connectivity index (χ0v) is 8.22. The molecule has 0 N–H and O–H groups in total. The van der Waals surface area contributed by atoms with Crippen molar-refractivity contribution in [3.8, 4) is 0 Å². The number of carbonyl (C=O) groups excluding carboxylic acids is 1. The van der Waals surface area contributed by atoms with Crippen LogP contribution in [0.2, 0.25) is 0 Å². The molecule has 15 heavy (non-hydrogen) atoms. The van der Waals surface area contributed by atoms with Crippen molar-refractivity contribution in [1.82, 2.24) is 0 Å². The van der Waals surface area contributed by atoms with Gasteiger partial charge in [0.25, 0.3) is 0 Å². The Balaban J connectivity index is 2.40. The quantitative estimate of drug-likeness (QED) is 0.668. The molecule has 4 heteroatoms. The zero-order chi connectivity index (χ0) is 11.1. The summed E-state index contributed by atoms with van der Waals surface area (Å²) >= 11 is 0. The van der Waals surface area contributed by atoms with Crippen LogP contribution in [0.1, 0.15) is 25.3 Å². The summed E-state index contributed by atoms with van der Waals surface area (Å²) in [7, 11) is 0. The normalized spacial score (nSPS) is 25.4. The molecule has 0 spiro atoms. The lowest BCUT2D eigenvalue weighted by atomic mass is 9.93. The predicted octanol–water partition coefficient (Wildman–Crippen LogP) is 2.52. The summed E-state index contributed by atoms with van der Waals surface area (Å²) in [5, 5.41) is 0. The van der Waals surface area contributed by atoms with Crippen molar-refractivity contribution in [2.45, 2.75) is 25.4 Å². The monoisotopic (exact) mass is 212 g/mol. The topological polar surface area (TPSA) is 26.3 Å². The van der Waals surface area contributed by atoms with Crippen molar-refractivity contribution in [2.75, 3.05) is 0 Å². The highest BCUT2D eigenvalue weighted by atomic mass is 19.1. The van der Waals surface area contributed by atoms with E-state index in [2.05, 4.69) is 0 Å². The van der Waals surface area contributed by atoms with Crippen molar-refractivity contribution in [1.29, 1.82) is 0 Å². The van der Waals surface area contributed by atoms with Crippen LogP contribution in [-0.4, -0.2) is 5.97 Å². The molecule has 1 aromatic carbocycles. The molecule has 0 amide bonds. The molecule has 1 atom stereocenters. The van der Waals surface area contributed by atoms with Crippen molar-refractivity contribution in [3.63, 3.8) is 0 Å². The fourth-order valence-electron chi connectivity index (χ4n) is 1.76. The molecule has 0 bridgehead atoms. The van der Waals surface area contributed by atoms with Crippen LogP contribution >= 0.6 is 0 Å². The summed E-state index contributed by atoms with van der Waals surface area (Å²) in [4.78, 5) is 11.0. The highest BCUT2D eigenvalue weighted by Crippen LogP contribution is 2.36. The Bertz CT molecular complexity index is 397. The third kappa shape index (κ3) is 1.84. The first-order chi connectivity index (χ1) is 6.99.